The number of nitro groups is 1. The predicted octanol–water partition coefficient (Wildman–Crippen LogP) is 6.99. The number of benzene rings is 3. The number of rotatable bonds is 9. The van der Waals surface area contributed by atoms with E-state index >= 15 is 0 Å². The van der Waals surface area contributed by atoms with Gasteiger partial charge in [0.1, 0.15) is 0 Å². The fraction of sp³-hybridized carbons (Fsp3) is 0.120. The molecule has 0 aliphatic heterocycles. The molecule has 3 rings (SSSR count). The van der Waals surface area contributed by atoms with Gasteiger partial charge in [0.15, 0.2) is 18.1 Å². The van der Waals surface area contributed by atoms with Crippen LogP contribution in [0.25, 0.3) is 11.6 Å². The Morgan fingerprint density at radius 1 is 1.14 bits per heavy atom. The predicted molar refractivity (Wildman–Crippen MR) is 147 cm³/mol. The Balaban J connectivity index is 1.81. The molecule has 0 saturated heterocycles. The van der Waals surface area contributed by atoms with E-state index in [-0.39, 0.29) is 12.3 Å². The second kappa shape index (κ2) is 12.6. The molecule has 3 aromatic carbocycles. The van der Waals surface area contributed by atoms with Crippen LogP contribution in [0.5, 0.6) is 11.5 Å². The summed E-state index contributed by atoms with van der Waals surface area (Å²) in [5.41, 5.74) is 1.93. The molecule has 0 heterocycles. The van der Waals surface area contributed by atoms with Gasteiger partial charge in [-0.15, -0.1) is 0 Å². The highest BCUT2D eigenvalue weighted by Gasteiger charge is 2.15. The van der Waals surface area contributed by atoms with E-state index in [0.29, 0.717) is 54.1 Å². The minimum atomic E-state index is -0.500. The molecule has 0 fully saturated rings. The van der Waals surface area contributed by atoms with Crippen molar-refractivity contribution < 1.29 is 19.2 Å². The zero-order valence-electron chi connectivity index (χ0n) is 18.8. The summed E-state index contributed by atoms with van der Waals surface area (Å²) in [5, 5.41) is 23.9. The van der Waals surface area contributed by atoms with Crippen LogP contribution >= 0.6 is 45.8 Å². The van der Waals surface area contributed by atoms with Crippen LogP contribution in [0.15, 0.2) is 54.6 Å². The van der Waals surface area contributed by atoms with Crippen LogP contribution in [-0.2, 0) is 4.79 Å². The monoisotopic (exact) mass is 637 g/mol. The van der Waals surface area contributed by atoms with Crippen LogP contribution in [0.1, 0.15) is 18.1 Å². The number of nitriles is 1. The Morgan fingerprint density at radius 3 is 2.47 bits per heavy atom. The molecule has 0 spiro atoms. The number of hydrogen-bond donors (Lipinski definition) is 1. The van der Waals surface area contributed by atoms with E-state index in [4.69, 9.17) is 32.7 Å². The average molecular weight is 638 g/mol. The number of anilines is 1. The third kappa shape index (κ3) is 7.10. The van der Waals surface area contributed by atoms with Gasteiger partial charge in [-0.1, -0.05) is 23.2 Å². The van der Waals surface area contributed by atoms with Gasteiger partial charge in [-0.25, -0.2) is 0 Å². The highest BCUT2D eigenvalue weighted by Crippen LogP contribution is 2.35. The normalized spacial score (nSPS) is 10.9. The molecule has 1 amide bonds. The van der Waals surface area contributed by atoms with E-state index in [9.17, 15) is 20.2 Å². The minimum absolute atomic E-state index is 0.0612. The second-order valence-corrected chi connectivity index (χ2v) is 9.18. The summed E-state index contributed by atoms with van der Waals surface area (Å²) in [7, 11) is 0. The molecule has 0 saturated carbocycles. The third-order valence-electron chi connectivity index (χ3n) is 4.70. The maximum absolute atomic E-state index is 12.4. The molecular formula is C25H18Cl2IN3O5. The van der Waals surface area contributed by atoms with E-state index in [1.807, 2.05) is 6.92 Å². The van der Waals surface area contributed by atoms with Crippen molar-refractivity contribution in [2.45, 2.75) is 6.92 Å². The summed E-state index contributed by atoms with van der Waals surface area (Å²) >= 11 is 13.9. The summed E-state index contributed by atoms with van der Waals surface area (Å²) in [6.07, 6.45) is 1.65. The van der Waals surface area contributed by atoms with Crippen molar-refractivity contribution in [1.29, 1.82) is 5.26 Å². The molecule has 0 aliphatic carbocycles. The molecule has 0 unspecified atom stereocenters. The van der Waals surface area contributed by atoms with Gasteiger partial charge < -0.3 is 14.8 Å². The van der Waals surface area contributed by atoms with Crippen LogP contribution < -0.4 is 14.8 Å². The van der Waals surface area contributed by atoms with Gasteiger partial charge in [-0.3, -0.25) is 14.9 Å². The average Bonchev–Trinajstić information content (AvgIpc) is 2.84. The van der Waals surface area contributed by atoms with E-state index < -0.39 is 10.8 Å². The zero-order chi connectivity index (χ0) is 26.2. The van der Waals surface area contributed by atoms with Crippen molar-refractivity contribution >= 4 is 74.7 Å². The van der Waals surface area contributed by atoms with Crippen LogP contribution in [0.3, 0.4) is 0 Å². The first-order valence-corrected chi connectivity index (χ1v) is 12.3. The van der Waals surface area contributed by atoms with Crippen molar-refractivity contribution in [2.75, 3.05) is 18.5 Å². The molecule has 0 bridgehead atoms. The minimum Gasteiger partial charge on any atom is -0.490 e. The largest absolute Gasteiger partial charge is 0.490 e. The lowest BCUT2D eigenvalue weighted by Crippen LogP contribution is -2.20. The van der Waals surface area contributed by atoms with Crippen LogP contribution in [-0.4, -0.2) is 24.0 Å². The van der Waals surface area contributed by atoms with Gasteiger partial charge in [0, 0.05) is 17.8 Å². The smallest absolute Gasteiger partial charge is 0.269 e. The van der Waals surface area contributed by atoms with Crippen LogP contribution in [0, 0.1) is 25.0 Å². The van der Waals surface area contributed by atoms with Crippen molar-refractivity contribution in [3.8, 4) is 17.6 Å². The van der Waals surface area contributed by atoms with Crippen LogP contribution in [0.2, 0.25) is 10.0 Å². The van der Waals surface area contributed by atoms with E-state index in [1.165, 1.54) is 30.3 Å². The first kappa shape index (κ1) is 27.3. The van der Waals surface area contributed by atoms with E-state index in [0.717, 1.165) is 0 Å². The Morgan fingerprint density at radius 2 is 1.86 bits per heavy atom. The van der Waals surface area contributed by atoms with E-state index in [2.05, 4.69) is 34.0 Å². The molecule has 0 aliphatic rings. The molecule has 8 nitrogen and oxygen atoms in total. The molecule has 1 N–H and O–H groups in total. The lowest BCUT2D eigenvalue weighted by atomic mass is 10.0. The lowest BCUT2D eigenvalue weighted by molar-refractivity contribution is -0.384. The highest BCUT2D eigenvalue weighted by atomic mass is 127. The fourth-order valence-corrected chi connectivity index (χ4v) is 4.17. The van der Waals surface area contributed by atoms with Crippen molar-refractivity contribution in [3.05, 3.63) is 89.5 Å². The number of nitrogens with zero attached hydrogens (tertiary/aromatic N) is 2. The van der Waals surface area contributed by atoms with Crippen molar-refractivity contribution in [2.24, 2.45) is 0 Å². The number of allylic oxidation sites excluding steroid dienone is 1. The number of ether oxygens (including phenoxy) is 2. The Hall–Kier alpha value is -3.33. The van der Waals surface area contributed by atoms with Gasteiger partial charge in [0.2, 0.25) is 0 Å². The number of nitrogens with one attached hydrogen (secondary N) is 1. The number of amides is 1. The molecule has 0 atom stereocenters. The van der Waals surface area contributed by atoms with Crippen LogP contribution in [0.4, 0.5) is 11.4 Å². The van der Waals surface area contributed by atoms with Gasteiger partial charge in [0.25, 0.3) is 11.6 Å². The van der Waals surface area contributed by atoms with Gasteiger partial charge in [-0.05, 0) is 89.2 Å². The highest BCUT2D eigenvalue weighted by molar-refractivity contribution is 14.1. The first-order chi connectivity index (χ1) is 17.2. The Labute approximate surface area is 230 Å². The van der Waals surface area contributed by atoms with Gasteiger partial charge in [-0.2, -0.15) is 5.26 Å². The molecule has 184 valence electrons. The Bertz CT molecular complexity index is 1370. The lowest BCUT2D eigenvalue weighted by Gasteiger charge is -2.15. The topological polar surface area (TPSA) is 114 Å². The quantitative estimate of drug-likeness (QED) is 0.0889. The zero-order valence-corrected chi connectivity index (χ0v) is 22.4. The SMILES string of the molecule is CCOc1cc(/C=C(\C#N)c2ccc([N+](=O)[O-])cc2)cc(I)c1OCC(=O)Nc1ccc(Cl)c(Cl)c1. The molecule has 11 heteroatoms. The Kier molecular flexibility index (Phi) is 9.52. The number of halogens is 3. The maximum Gasteiger partial charge on any atom is 0.269 e. The van der Waals surface area contributed by atoms with Crippen molar-refractivity contribution in [3.63, 3.8) is 0 Å². The second-order valence-electron chi connectivity index (χ2n) is 7.20. The molecule has 0 radical (unpaired) electrons. The standard InChI is InChI=1S/C25H18Cl2IN3O5/c1-2-35-23-11-15(9-17(13-29)16-3-6-19(7-4-16)31(33)34)10-22(28)25(23)36-14-24(32)30-18-5-8-20(26)21(27)12-18/h3-12H,2,14H2,1H3,(H,30,32)/b17-9+. The summed E-state index contributed by atoms with van der Waals surface area (Å²) in [4.78, 5) is 22.8. The molecule has 36 heavy (non-hydrogen) atoms. The number of carbonyl (C=O) groups is 1. The summed E-state index contributed by atoms with van der Waals surface area (Å²) in [6.45, 7) is 1.88. The summed E-state index contributed by atoms with van der Waals surface area (Å²) in [5.74, 6) is 0.382. The number of hydrogen-bond acceptors (Lipinski definition) is 6. The summed E-state index contributed by atoms with van der Waals surface area (Å²) < 4.78 is 12.1. The third-order valence-corrected chi connectivity index (χ3v) is 6.24. The first-order valence-electron chi connectivity index (χ1n) is 10.4. The van der Waals surface area contributed by atoms with Gasteiger partial charge in [0.05, 0.1) is 36.8 Å². The summed E-state index contributed by atoms with van der Waals surface area (Å²) in [6, 6.07) is 16.1. The van der Waals surface area contributed by atoms with E-state index in [1.54, 1.807) is 30.3 Å². The molecular weight excluding hydrogens is 620 g/mol. The number of non-ortho nitro benzene ring substituents is 1. The number of carbonyl (C=O) groups excluding carboxylic acids is 1. The molecule has 3 aromatic rings. The fourth-order valence-electron chi connectivity index (χ4n) is 3.09. The number of nitro benzene ring substituents is 1. The molecule has 0 aromatic heterocycles. The van der Waals surface area contributed by atoms with Crippen molar-refractivity contribution in [1.82, 2.24) is 0 Å². The maximum atomic E-state index is 12.4. The van der Waals surface area contributed by atoms with Gasteiger partial charge >= 0.3 is 0 Å².